The molecule has 1 aliphatic heterocycles. The van der Waals surface area contributed by atoms with Crippen LogP contribution in [0.25, 0.3) is 11.1 Å². The highest BCUT2D eigenvalue weighted by Gasteiger charge is 2.28. The van der Waals surface area contributed by atoms with Crippen LogP contribution in [0.4, 0.5) is 22.9 Å². The number of piperidine rings is 1. The normalized spacial score (nSPS) is 14.7. The van der Waals surface area contributed by atoms with Gasteiger partial charge in [0, 0.05) is 48.7 Å². The van der Waals surface area contributed by atoms with Gasteiger partial charge in [-0.25, -0.2) is 4.98 Å². The highest BCUT2D eigenvalue weighted by molar-refractivity contribution is 6.05. The third-order valence-corrected chi connectivity index (χ3v) is 8.44. The Kier molecular flexibility index (Phi) is 8.52. The summed E-state index contributed by atoms with van der Waals surface area (Å²) in [6.07, 6.45) is 4.77. The van der Waals surface area contributed by atoms with Crippen molar-refractivity contribution in [1.82, 2.24) is 9.97 Å². The zero-order valence-corrected chi connectivity index (χ0v) is 26.1. The molecule has 5 rings (SSSR count). The van der Waals surface area contributed by atoms with Gasteiger partial charge in [-0.3, -0.25) is 9.59 Å². The van der Waals surface area contributed by atoms with Crippen molar-refractivity contribution in [2.24, 2.45) is 0 Å². The summed E-state index contributed by atoms with van der Waals surface area (Å²) in [5.41, 5.74) is 12.6. The molecule has 1 saturated heterocycles. The summed E-state index contributed by atoms with van der Waals surface area (Å²) in [5.74, 6) is 0.387. The van der Waals surface area contributed by atoms with Gasteiger partial charge in [0.05, 0.1) is 23.2 Å². The van der Waals surface area contributed by atoms with E-state index in [1.165, 1.54) is 5.56 Å². The molecule has 230 valence electrons. The first-order chi connectivity index (χ1) is 20.8. The molecule has 0 spiro atoms. The molecule has 6 N–H and O–H groups in total. The minimum atomic E-state index is -0.644. The number of hydrogen-bond acceptors (Lipinski definition) is 7. The summed E-state index contributed by atoms with van der Waals surface area (Å²) in [6, 6.07) is 17.0. The van der Waals surface area contributed by atoms with Crippen molar-refractivity contribution in [1.29, 1.82) is 0 Å². The number of H-pyrrole nitrogens is 1. The Morgan fingerprint density at radius 3 is 2.48 bits per heavy atom. The summed E-state index contributed by atoms with van der Waals surface area (Å²) >= 11 is 0. The number of amides is 1. The smallest absolute Gasteiger partial charge is 0.255 e. The Labute approximate surface area is 258 Å². The Morgan fingerprint density at radius 1 is 1.11 bits per heavy atom. The Bertz CT molecular complexity index is 1710. The fourth-order valence-electron chi connectivity index (χ4n) is 5.46. The molecule has 4 aromatic rings. The van der Waals surface area contributed by atoms with E-state index in [-0.39, 0.29) is 23.4 Å². The number of pyridine rings is 2. The molecule has 44 heavy (non-hydrogen) atoms. The molecule has 0 bridgehead atoms. The third kappa shape index (κ3) is 6.94. The fourth-order valence-corrected chi connectivity index (χ4v) is 5.46. The van der Waals surface area contributed by atoms with Crippen LogP contribution in [0, 0.1) is 6.92 Å². The van der Waals surface area contributed by atoms with Crippen LogP contribution in [-0.4, -0.2) is 39.7 Å². The van der Waals surface area contributed by atoms with Crippen LogP contribution < -0.4 is 26.8 Å². The van der Waals surface area contributed by atoms with Gasteiger partial charge in [0.15, 0.2) is 0 Å². The quantitative estimate of drug-likeness (QED) is 0.181. The van der Waals surface area contributed by atoms with Crippen molar-refractivity contribution in [2.75, 3.05) is 34.4 Å². The van der Waals surface area contributed by atoms with Gasteiger partial charge in [0.25, 0.3) is 11.5 Å². The van der Waals surface area contributed by atoms with Crippen LogP contribution in [-0.2, 0) is 12.0 Å². The number of nitrogens with zero attached hydrogens (tertiary/aromatic N) is 2. The number of nitrogen functional groups attached to an aromatic ring is 1. The highest BCUT2D eigenvalue weighted by Crippen LogP contribution is 2.31. The first-order valence-corrected chi connectivity index (χ1v) is 15.0. The molecular formula is C35H42N6O3. The summed E-state index contributed by atoms with van der Waals surface area (Å²) in [5, 5.41) is 16.5. The SMILES string of the molecule is Cc1c(NC(=O)c2ccc(C(C)(C)C)cc2)cccc1-c1c[nH]c(=O)c(CNc2cc(N)c(N3CCC(C)(O)CC3)cn2)c1. The Morgan fingerprint density at radius 2 is 1.82 bits per heavy atom. The zero-order chi connectivity index (χ0) is 31.6. The standard InChI is InChI=1S/C35H42N6O3/c1-22-27(7-6-8-29(22)40-33(43)23-9-11-26(12-10-23)34(2,3)4)24-17-25(32(42)39-19-24)20-37-31-18-28(36)30(21-38-31)41-15-13-35(5,44)14-16-41/h6-12,17-19,21,44H,13-16,20H2,1-5H3,(H,39,42)(H,40,43)(H3,36,37,38). The number of benzene rings is 2. The molecule has 2 aromatic carbocycles. The molecule has 9 nitrogen and oxygen atoms in total. The second kappa shape index (κ2) is 12.2. The van der Waals surface area contributed by atoms with E-state index in [2.05, 4.69) is 46.3 Å². The van der Waals surface area contributed by atoms with Crippen LogP contribution in [0.2, 0.25) is 0 Å². The molecule has 0 unspecified atom stereocenters. The first-order valence-electron chi connectivity index (χ1n) is 15.0. The summed E-state index contributed by atoms with van der Waals surface area (Å²) in [4.78, 5) is 35.3. The average Bonchev–Trinajstić information content (AvgIpc) is 2.98. The van der Waals surface area contributed by atoms with Crippen molar-refractivity contribution in [2.45, 2.75) is 65.0 Å². The van der Waals surface area contributed by atoms with E-state index in [0.29, 0.717) is 54.3 Å². The van der Waals surface area contributed by atoms with Gasteiger partial charge in [0.2, 0.25) is 0 Å². The lowest BCUT2D eigenvalue weighted by atomic mass is 9.86. The van der Waals surface area contributed by atoms with Crippen molar-refractivity contribution in [3.8, 4) is 11.1 Å². The third-order valence-electron chi connectivity index (χ3n) is 8.44. The van der Waals surface area contributed by atoms with Gasteiger partial charge in [-0.2, -0.15) is 0 Å². The number of nitrogens with two attached hydrogens (primary N) is 1. The van der Waals surface area contributed by atoms with Crippen LogP contribution in [0.1, 0.15) is 67.6 Å². The van der Waals surface area contributed by atoms with Crippen LogP contribution >= 0.6 is 0 Å². The van der Waals surface area contributed by atoms with Crippen LogP contribution in [0.3, 0.4) is 0 Å². The monoisotopic (exact) mass is 594 g/mol. The number of anilines is 4. The van der Waals surface area contributed by atoms with E-state index >= 15 is 0 Å². The highest BCUT2D eigenvalue weighted by atomic mass is 16.3. The topological polar surface area (TPSA) is 136 Å². The maximum atomic E-state index is 13.1. The molecular weight excluding hydrogens is 552 g/mol. The van der Waals surface area contributed by atoms with Gasteiger partial charge in [-0.1, -0.05) is 45.0 Å². The predicted molar refractivity (Wildman–Crippen MR) is 178 cm³/mol. The molecule has 1 fully saturated rings. The van der Waals surface area contributed by atoms with E-state index < -0.39 is 5.60 Å². The minimum absolute atomic E-state index is 0.0111. The molecule has 0 saturated carbocycles. The molecule has 1 aliphatic rings. The van der Waals surface area contributed by atoms with Gasteiger partial charge in [-0.05, 0) is 78.6 Å². The van der Waals surface area contributed by atoms with Gasteiger partial charge >= 0.3 is 0 Å². The van der Waals surface area contributed by atoms with Gasteiger partial charge in [-0.15, -0.1) is 0 Å². The maximum absolute atomic E-state index is 13.1. The van der Waals surface area contributed by atoms with Crippen LogP contribution in [0.15, 0.2) is 71.8 Å². The number of rotatable bonds is 7. The number of hydrogen-bond donors (Lipinski definition) is 5. The first kappa shape index (κ1) is 30.8. The van der Waals surface area contributed by atoms with E-state index in [9.17, 15) is 14.7 Å². The molecule has 1 amide bonds. The zero-order valence-electron chi connectivity index (χ0n) is 26.1. The number of carbonyl (C=O) groups excluding carboxylic acids is 1. The number of nitrogens with one attached hydrogen (secondary N) is 3. The largest absolute Gasteiger partial charge is 0.397 e. The maximum Gasteiger partial charge on any atom is 0.255 e. The van der Waals surface area contributed by atoms with Crippen molar-refractivity contribution in [3.05, 3.63) is 99.6 Å². The lowest BCUT2D eigenvalue weighted by Gasteiger charge is -2.37. The second-order valence-electron chi connectivity index (χ2n) is 13.0. The number of aromatic amines is 1. The molecule has 0 aliphatic carbocycles. The van der Waals surface area contributed by atoms with E-state index in [4.69, 9.17) is 5.73 Å². The van der Waals surface area contributed by atoms with E-state index in [1.54, 1.807) is 18.5 Å². The lowest BCUT2D eigenvalue weighted by Crippen LogP contribution is -2.42. The minimum Gasteiger partial charge on any atom is -0.397 e. The summed E-state index contributed by atoms with van der Waals surface area (Å²) in [6.45, 7) is 11.9. The van der Waals surface area contributed by atoms with E-state index in [1.807, 2.05) is 62.4 Å². The second-order valence-corrected chi connectivity index (χ2v) is 13.0. The lowest BCUT2D eigenvalue weighted by molar-refractivity contribution is 0.0351. The molecule has 0 radical (unpaired) electrons. The molecule has 2 aromatic heterocycles. The molecule has 0 atom stereocenters. The average molecular weight is 595 g/mol. The van der Waals surface area contributed by atoms with E-state index in [0.717, 1.165) is 22.4 Å². The fraction of sp³-hybridized carbons (Fsp3) is 0.343. The summed E-state index contributed by atoms with van der Waals surface area (Å²) in [7, 11) is 0. The van der Waals surface area contributed by atoms with Crippen LogP contribution in [0.5, 0.6) is 0 Å². The Balaban J connectivity index is 1.29. The molecule has 9 heteroatoms. The van der Waals surface area contributed by atoms with Gasteiger partial charge < -0.3 is 31.4 Å². The van der Waals surface area contributed by atoms with Crippen molar-refractivity contribution < 1.29 is 9.90 Å². The number of aromatic nitrogens is 2. The number of aliphatic hydroxyl groups is 1. The summed E-state index contributed by atoms with van der Waals surface area (Å²) < 4.78 is 0. The Hall–Kier alpha value is -4.63. The van der Waals surface area contributed by atoms with Crippen molar-refractivity contribution >= 4 is 28.8 Å². The van der Waals surface area contributed by atoms with Crippen molar-refractivity contribution in [3.63, 3.8) is 0 Å². The van der Waals surface area contributed by atoms with Gasteiger partial charge in [0.1, 0.15) is 5.82 Å². The molecule has 3 heterocycles. The number of carbonyl (C=O) groups is 1. The predicted octanol–water partition coefficient (Wildman–Crippen LogP) is 5.84.